The molecule has 2 N–H and O–H groups in total. The minimum atomic E-state index is 0.426. The third kappa shape index (κ3) is 3.07. The summed E-state index contributed by atoms with van der Waals surface area (Å²) in [5.41, 5.74) is 7.64. The molecule has 1 heterocycles. The molecule has 0 aromatic heterocycles. The minimum absolute atomic E-state index is 0.426. The topological polar surface area (TPSA) is 41.6 Å². The molecular weight excluding hydrogens is 258 g/mol. The molecule has 0 saturated heterocycles. The summed E-state index contributed by atoms with van der Waals surface area (Å²) >= 11 is 0. The van der Waals surface area contributed by atoms with Crippen molar-refractivity contribution in [2.75, 3.05) is 6.54 Å². The van der Waals surface area contributed by atoms with E-state index in [1.54, 1.807) is 0 Å². The summed E-state index contributed by atoms with van der Waals surface area (Å²) in [6.07, 6.45) is 7.96. The second kappa shape index (κ2) is 6.50. The zero-order valence-electron chi connectivity index (χ0n) is 13.0. The maximum atomic E-state index is 6.24. The molecule has 0 amide bonds. The normalized spacial score (nSPS) is 25.5. The standard InChI is InChI=1S/C18H27N3/c1-14(15-9-5-4-6-10-15)17-13-20-18(19)21(17)16-11-7-2-3-8-12-16/h4-6,9-10,14,16-17H,2-3,7-8,11-13H2,1H3,(H2,19,20). The van der Waals surface area contributed by atoms with Crippen LogP contribution in [0.5, 0.6) is 0 Å². The molecule has 1 aliphatic carbocycles. The number of hydrogen-bond donors (Lipinski definition) is 1. The summed E-state index contributed by atoms with van der Waals surface area (Å²) in [6.45, 7) is 3.16. The van der Waals surface area contributed by atoms with Crippen LogP contribution in [0.3, 0.4) is 0 Å². The second-order valence-corrected chi connectivity index (χ2v) is 6.52. The Morgan fingerprint density at radius 3 is 2.43 bits per heavy atom. The number of hydrogen-bond acceptors (Lipinski definition) is 3. The molecule has 3 heteroatoms. The maximum Gasteiger partial charge on any atom is 0.191 e. The molecule has 1 aliphatic heterocycles. The van der Waals surface area contributed by atoms with Gasteiger partial charge in [0.2, 0.25) is 0 Å². The number of rotatable bonds is 3. The summed E-state index contributed by atoms with van der Waals surface area (Å²) in [6, 6.07) is 11.8. The predicted octanol–water partition coefficient (Wildman–Crippen LogP) is 3.51. The zero-order chi connectivity index (χ0) is 14.7. The van der Waals surface area contributed by atoms with Gasteiger partial charge in [-0.1, -0.05) is 62.9 Å². The van der Waals surface area contributed by atoms with Crippen molar-refractivity contribution in [3.8, 4) is 0 Å². The molecule has 21 heavy (non-hydrogen) atoms. The molecule has 1 aromatic rings. The lowest BCUT2D eigenvalue weighted by Gasteiger charge is -2.37. The molecule has 1 aromatic carbocycles. The van der Waals surface area contributed by atoms with Crippen molar-refractivity contribution in [1.29, 1.82) is 0 Å². The first-order valence-corrected chi connectivity index (χ1v) is 8.40. The third-order valence-corrected chi connectivity index (χ3v) is 5.18. The Morgan fingerprint density at radius 1 is 1.10 bits per heavy atom. The summed E-state index contributed by atoms with van der Waals surface area (Å²) in [7, 11) is 0. The molecule has 3 nitrogen and oxygen atoms in total. The Kier molecular flexibility index (Phi) is 4.47. The first-order valence-electron chi connectivity index (χ1n) is 8.40. The highest BCUT2D eigenvalue weighted by Gasteiger charge is 2.35. The fraction of sp³-hybridized carbons (Fsp3) is 0.611. The predicted molar refractivity (Wildman–Crippen MR) is 88.5 cm³/mol. The number of benzene rings is 1. The molecule has 1 saturated carbocycles. The molecule has 2 unspecified atom stereocenters. The minimum Gasteiger partial charge on any atom is -0.370 e. The van der Waals surface area contributed by atoms with E-state index in [0.29, 0.717) is 18.0 Å². The van der Waals surface area contributed by atoms with E-state index in [1.807, 2.05) is 0 Å². The molecule has 1 fully saturated rings. The molecule has 3 rings (SSSR count). The molecular formula is C18H27N3. The summed E-state index contributed by atoms with van der Waals surface area (Å²) in [4.78, 5) is 7.02. The van der Waals surface area contributed by atoms with Gasteiger partial charge in [0.25, 0.3) is 0 Å². The lowest BCUT2D eigenvalue weighted by Crippen LogP contribution is -2.49. The van der Waals surface area contributed by atoms with Gasteiger partial charge in [-0.3, -0.25) is 4.99 Å². The molecule has 2 aliphatic rings. The van der Waals surface area contributed by atoms with Gasteiger partial charge in [0.05, 0.1) is 12.6 Å². The van der Waals surface area contributed by atoms with Crippen molar-refractivity contribution in [1.82, 2.24) is 4.90 Å². The molecule has 114 valence electrons. The van der Waals surface area contributed by atoms with Gasteiger partial charge in [-0.05, 0) is 18.4 Å². The van der Waals surface area contributed by atoms with E-state index < -0.39 is 0 Å². The van der Waals surface area contributed by atoms with E-state index in [4.69, 9.17) is 5.73 Å². The zero-order valence-corrected chi connectivity index (χ0v) is 13.0. The maximum absolute atomic E-state index is 6.24. The summed E-state index contributed by atoms with van der Waals surface area (Å²) < 4.78 is 0. The molecule has 0 radical (unpaired) electrons. The number of nitrogens with zero attached hydrogens (tertiary/aromatic N) is 2. The SMILES string of the molecule is CC(c1ccccc1)C1CN=C(N)N1C1CCCCCC1. The first-order chi connectivity index (χ1) is 10.3. The molecule has 0 bridgehead atoms. The van der Waals surface area contributed by atoms with Gasteiger partial charge in [-0.25, -0.2) is 0 Å². The smallest absolute Gasteiger partial charge is 0.191 e. The van der Waals surface area contributed by atoms with Crippen LogP contribution in [0.4, 0.5) is 0 Å². The quantitative estimate of drug-likeness (QED) is 0.863. The van der Waals surface area contributed by atoms with Crippen LogP contribution in [-0.4, -0.2) is 29.5 Å². The Morgan fingerprint density at radius 2 is 1.76 bits per heavy atom. The van der Waals surface area contributed by atoms with Crippen LogP contribution in [0.2, 0.25) is 0 Å². The van der Waals surface area contributed by atoms with Crippen LogP contribution >= 0.6 is 0 Å². The van der Waals surface area contributed by atoms with Gasteiger partial charge in [0.15, 0.2) is 5.96 Å². The average Bonchev–Trinajstić information content (AvgIpc) is 2.74. The van der Waals surface area contributed by atoms with E-state index >= 15 is 0 Å². The molecule has 2 atom stereocenters. The Hall–Kier alpha value is -1.51. The van der Waals surface area contributed by atoms with Crippen LogP contribution in [0.15, 0.2) is 35.3 Å². The van der Waals surface area contributed by atoms with Gasteiger partial charge in [0.1, 0.15) is 0 Å². The second-order valence-electron chi connectivity index (χ2n) is 6.52. The highest BCUT2D eigenvalue weighted by atomic mass is 15.3. The van der Waals surface area contributed by atoms with Crippen molar-refractivity contribution < 1.29 is 0 Å². The van der Waals surface area contributed by atoms with Crippen LogP contribution in [0, 0.1) is 0 Å². The van der Waals surface area contributed by atoms with E-state index in [0.717, 1.165) is 12.5 Å². The van der Waals surface area contributed by atoms with Crippen molar-refractivity contribution >= 4 is 5.96 Å². The number of guanidine groups is 1. The Bertz CT molecular complexity index is 474. The van der Waals surface area contributed by atoms with Gasteiger partial charge >= 0.3 is 0 Å². The highest BCUT2D eigenvalue weighted by molar-refractivity contribution is 5.80. The fourth-order valence-corrected chi connectivity index (χ4v) is 3.90. The van der Waals surface area contributed by atoms with Crippen molar-refractivity contribution in [2.24, 2.45) is 10.7 Å². The third-order valence-electron chi connectivity index (χ3n) is 5.18. The largest absolute Gasteiger partial charge is 0.370 e. The van der Waals surface area contributed by atoms with Gasteiger partial charge in [-0.15, -0.1) is 0 Å². The molecule has 0 spiro atoms. The monoisotopic (exact) mass is 285 g/mol. The van der Waals surface area contributed by atoms with Gasteiger partial charge < -0.3 is 10.6 Å². The van der Waals surface area contributed by atoms with E-state index in [-0.39, 0.29) is 0 Å². The first kappa shape index (κ1) is 14.4. The van der Waals surface area contributed by atoms with Crippen LogP contribution < -0.4 is 5.73 Å². The van der Waals surface area contributed by atoms with E-state index in [1.165, 1.54) is 44.1 Å². The lowest BCUT2D eigenvalue weighted by molar-refractivity contribution is 0.215. The van der Waals surface area contributed by atoms with Gasteiger partial charge in [0, 0.05) is 12.0 Å². The lowest BCUT2D eigenvalue weighted by atomic mass is 9.91. The summed E-state index contributed by atoms with van der Waals surface area (Å²) in [5, 5.41) is 0. The average molecular weight is 285 g/mol. The van der Waals surface area contributed by atoms with E-state index in [2.05, 4.69) is 47.1 Å². The Labute approximate surface area is 128 Å². The van der Waals surface area contributed by atoms with Crippen LogP contribution in [-0.2, 0) is 0 Å². The van der Waals surface area contributed by atoms with Crippen LogP contribution in [0.1, 0.15) is 56.9 Å². The Balaban J connectivity index is 1.78. The number of nitrogens with two attached hydrogens (primary N) is 1. The van der Waals surface area contributed by atoms with Crippen molar-refractivity contribution in [2.45, 2.75) is 63.5 Å². The fourth-order valence-electron chi connectivity index (χ4n) is 3.90. The van der Waals surface area contributed by atoms with Crippen LogP contribution in [0.25, 0.3) is 0 Å². The summed E-state index contributed by atoms with van der Waals surface area (Å²) in [5.74, 6) is 1.24. The van der Waals surface area contributed by atoms with E-state index in [9.17, 15) is 0 Å². The van der Waals surface area contributed by atoms with Crippen molar-refractivity contribution in [3.63, 3.8) is 0 Å². The highest BCUT2D eigenvalue weighted by Crippen LogP contribution is 2.32. The van der Waals surface area contributed by atoms with Gasteiger partial charge in [-0.2, -0.15) is 0 Å². The van der Waals surface area contributed by atoms with Crippen molar-refractivity contribution in [3.05, 3.63) is 35.9 Å². The number of aliphatic imine (C=N–C) groups is 1.